The van der Waals surface area contributed by atoms with Crippen molar-refractivity contribution < 1.29 is 4.74 Å². The molecule has 4 saturated carbocycles. The number of ether oxygens (including phenoxy) is 1. The number of hydrogen-bond donors (Lipinski definition) is 0. The van der Waals surface area contributed by atoms with E-state index in [4.69, 9.17) is 4.74 Å². The third-order valence-corrected chi connectivity index (χ3v) is 7.93. The normalized spacial score (nSPS) is 36.1. The van der Waals surface area contributed by atoms with Crippen LogP contribution in [0, 0.1) is 17.8 Å². The van der Waals surface area contributed by atoms with Gasteiger partial charge in [0.05, 0.1) is 7.11 Å². The van der Waals surface area contributed by atoms with E-state index in [1.807, 2.05) is 0 Å². The van der Waals surface area contributed by atoms with Gasteiger partial charge in [-0.05, 0) is 74.5 Å². The first-order valence-corrected chi connectivity index (χ1v) is 10.1. The topological polar surface area (TPSA) is 12.5 Å². The number of hydrogen-bond acceptors (Lipinski definition) is 2. The van der Waals surface area contributed by atoms with Gasteiger partial charge >= 0.3 is 0 Å². The highest BCUT2D eigenvalue weighted by atomic mass is 127. The van der Waals surface area contributed by atoms with E-state index in [1.165, 1.54) is 44.1 Å². The molecule has 0 radical (unpaired) electrons. The smallest absolute Gasteiger partial charge is 0.123 e. The Balaban J connectivity index is 1.57. The summed E-state index contributed by atoms with van der Waals surface area (Å²) in [6.07, 6.45) is 8.76. The highest BCUT2D eigenvalue weighted by Gasteiger charge is 2.53. The lowest BCUT2D eigenvalue weighted by molar-refractivity contribution is -0.0489. The van der Waals surface area contributed by atoms with Gasteiger partial charge in [-0.15, -0.1) is 0 Å². The lowest BCUT2D eigenvalue weighted by atomic mass is 9.53. The van der Waals surface area contributed by atoms with Gasteiger partial charge in [-0.1, -0.05) is 15.9 Å². The molecule has 0 aromatic heterocycles. The van der Waals surface area contributed by atoms with Crippen LogP contribution in [-0.2, 0) is 6.54 Å². The van der Waals surface area contributed by atoms with Crippen LogP contribution in [0.1, 0.15) is 44.1 Å². The third kappa shape index (κ3) is 2.73. The molecule has 1 aromatic rings. The van der Waals surface area contributed by atoms with E-state index < -0.39 is 0 Å². The molecule has 4 aliphatic rings. The van der Waals surface area contributed by atoms with Crippen molar-refractivity contribution in [1.29, 1.82) is 0 Å². The number of rotatable bonds is 4. The highest BCUT2D eigenvalue weighted by Crippen LogP contribution is 2.58. The van der Waals surface area contributed by atoms with Gasteiger partial charge in [-0.25, -0.2) is 3.11 Å². The van der Waals surface area contributed by atoms with E-state index >= 15 is 0 Å². The average molecular weight is 476 g/mol. The Morgan fingerprint density at radius 2 is 1.77 bits per heavy atom. The van der Waals surface area contributed by atoms with Crippen LogP contribution in [0.5, 0.6) is 5.75 Å². The zero-order chi connectivity index (χ0) is 15.3. The van der Waals surface area contributed by atoms with E-state index in [-0.39, 0.29) is 0 Å². The van der Waals surface area contributed by atoms with Gasteiger partial charge in [0.25, 0.3) is 0 Å². The summed E-state index contributed by atoms with van der Waals surface area (Å²) in [5.74, 6) is 3.99. The SMILES string of the molecule is COc1ccc(Br)cc1CN(I)C12CC3CC(CC(C3)C1)C2. The van der Waals surface area contributed by atoms with E-state index in [1.54, 1.807) is 7.11 Å². The molecule has 0 amide bonds. The van der Waals surface area contributed by atoms with Crippen molar-refractivity contribution in [3.8, 4) is 5.75 Å². The second kappa shape index (κ2) is 5.92. The molecule has 22 heavy (non-hydrogen) atoms. The van der Waals surface area contributed by atoms with Gasteiger partial charge in [0, 0.05) is 45.0 Å². The van der Waals surface area contributed by atoms with E-state index in [9.17, 15) is 0 Å². The van der Waals surface area contributed by atoms with Gasteiger partial charge in [0.2, 0.25) is 0 Å². The van der Waals surface area contributed by atoms with Crippen LogP contribution in [0.25, 0.3) is 0 Å². The van der Waals surface area contributed by atoms with Crippen molar-refractivity contribution in [1.82, 2.24) is 3.11 Å². The summed E-state index contributed by atoms with van der Waals surface area (Å²) in [6.45, 7) is 0.981. The van der Waals surface area contributed by atoms with Crippen LogP contribution < -0.4 is 4.74 Å². The largest absolute Gasteiger partial charge is 0.496 e. The number of methoxy groups -OCH3 is 1. The van der Waals surface area contributed by atoms with Crippen LogP contribution in [0.4, 0.5) is 0 Å². The molecule has 5 rings (SSSR count). The summed E-state index contributed by atoms with van der Waals surface area (Å²) in [4.78, 5) is 0. The van der Waals surface area contributed by atoms with Gasteiger partial charge < -0.3 is 4.74 Å². The Hall–Kier alpha value is 0.190. The summed E-state index contributed by atoms with van der Waals surface area (Å²) in [7, 11) is 1.77. The standard InChI is InChI=1S/C18H23BrINO/c1-22-17-3-2-16(19)7-15(17)11-21(20)18-8-12-4-13(9-18)6-14(5-12)10-18/h2-3,7,12-14H,4-6,8-11H2,1H3. The van der Waals surface area contributed by atoms with E-state index in [0.717, 1.165) is 34.5 Å². The Bertz CT molecular complexity index is 541. The Kier molecular flexibility index (Phi) is 4.23. The first-order chi connectivity index (χ1) is 10.6. The molecular formula is C18H23BrINO. The molecule has 0 atom stereocenters. The first kappa shape index (κ1) is 15.7. The molecule has 0 unspecified atom stereocenters. The Morgan fingerprint density at radius 3 is 2.32 bits per heavy atom. The molecule has 4 fully saturated rings. The van der Waals surface area contributed by atoms with Gasteiger partial charge in [-0.3, -0.25) is 0 Å². The molecule has 2 nitrogen and oxygen atoms in total. The Morgan fingerprint density at radius 1 is 1.18 bits per heavy atom. The van der Waals surface area contributed by atoms with Crippen molar-refractivity contribution in [2.75, 3.05) is 7.11 Å². The number of benzene rings is 1. The molecular weight excluding hydrogens is 453 g/mol. The summed E-state index contributed by atoms with van der Waals surface area (Å²) in [5, 5.41) is 0. The minimum absolute atomic E-state index is 0.447. The summed E-state index contributed by atoms with van der Waals surface area (Å²) < 4.78 is 9.33. The Labute approximate surface area is 155 Å². The average Bonchev–Trinajstić information content (AvgIpc) is 2.46. The van der Waals surface area contributed by atoms with Crippen LogP contribution in [0.15, 0.2) is 22.7 Å². The molecule has 0 N–H and O–H groups in total. The van der Waals surface area contributed by atoms with Gasteiger partial charge in [0.1, 0.15) is 5.75 Å². The molecule has 4 aliphatic carbocycles. The molecule has 1 aromatic carbocycles. The monoisotopic (exact) mass is 475 g/mol. The van der Waals surface area contributed by atoms with Crippen LogP contribution >= 0.6 is 38.8 Å². The minimum atomic E-state index is 0.447. The fourth-order valence-electron chi connectivity index (χ4n) is 5.55. The molecule has 4 bridgehead atoms. The van der Waals surface area contributed by atoms with Crippen molar-refractivity contribution in [2.24, 2.45) is 17.8 Å². The lowest BCUT2D eigenvalue weighted by Crippen LogP contribution is -2.56. The zero-order valence-corrected chi connectivity index (χ0v) is 16.8. The first-order valence-electron chi connectivity index (χ1n) is 8.34. The minimum Gasteiger partial charge on any atom is -0.496 e. The maximum Gasteiger partial charge on any atom is 0.123 e. The van der Waals surface area contributed by atoms with Crippen molar-refractivity contribution in [3.05, 3.63) is 28.2 Å². The quantitative estimate of drug-likeness (QED) is 0.416. The molecule has 0 aliphatic heterocycles. The predicted molar refractivity (Wildman–Crippen MR) is 101 cm³/mol. The van der Waals surface area contributed by atoms with Crippen LogP contribution in [0.2, 0.25) is 0 Å². The van der Waals surface area contributed by atoms with Crippen molar-refractivity contribution >= 4 is 38.8 Å². The summed E-state index contributed by atoms with van der Waals surface area (Å²) in [5.41, 5.74) is 1.74. The van der Waals surface area contributed by atoms with Gasteiger partial charge in [-0.2, -0.15) is 0 Å². The molecule has 0 heterocycles. The number of halogens is 2. The summed E-state index contributed by atoms with van der Waals surface area (Å²) >= 11 is 6.20. The maximum atomic E-state index is 5.57. The van der Waals surface area contributed by atoms with Crippen molar-refractivity contribution in [2.45, 2.75) is 50.6 Å². The van der Waals surface area contributed by atoms with Crippen LogP contribution in [0.3, 0.4) is 0 Å². The predicted octanol–water partition coefficient (Wildman–Crippen LogP) is 5.58. The van der Waals surface area contributed by atoms with Crippen LogP contribution in [-0.4, -0.2) is 15.8 Å². The second-order valence-electron chi connectivity index (χ2n) is 7.62. The van der Waals surface area contributed by atoms with Crippen molar-refractivity contribution in [3.63, 3.8) is 0 Å². The number of nitrogens with zero attached hydrogens (tertiary/aromatic N) is 1. The third-order valence-electron chi connectivity index (χ3n) is 6.07. The lowest BCUT2D eigenvalue weighted by Gasteiger charge is -2.59. The fraction of sp³-hybridized carbons (Fsp3) is 0.667. The molecule has 0 spiro atoms. The summed E-state index contributed by atoms with van der Waals surface area (Å²) in [6, 6.07) is 6.35. The second-order valence-corrected chi connectivity index (χ2v) is 9.70. The van der Waals surface area contributed by atoms with E-state index in [0.29, 0.717) is 5.54 Å². The van der Waals surface area contributed by atoms with Gasteiger partial charge in [0.15, 0.2) is 0 Å². The molecule has 0 saturated heterocycles. The molecule has 120 valence electrons. The van der Waals surface area contributed by atoms with E-state index in [2.05, 4.69) is 60.1 Å². The molecule has 4 heteroatoms. The maximum absolute atomic E-state index is 5.57. The highest BCUT2D eigenvalue weighted by molar-refractivity contribution is 14.1. The zero-order valence-electron chi connectivity index (χ0n) is 13.0. The fourth-order valence-corrected chi connectivity index (χ4v) is 6.92.